The SMILES string of the molecule is COc1ccc2cc(CN(C)C(=O)CSc3nc4sccc4c(=O)[nH]3)ccc2c1. The van der Waals surface area contributed by atoms with Crippen LogP contribution in [0.4, 0.5) is 0 Å². The summed E-state index contributed by atoms with van der Waals surface area (Å²) in [6.07, 6.45) is 0. The molecule has 4 rings (SSSR count). The lowest BCUT2D eigenvalue weighted by Gasteiger charge is -2.17. The minimum absolute atomic E-state index is 0.0289. The average molecular weight is 426 g/mol. The summed E-state index contributed by atoms with van der Waals surface area (Å²) in [5.41, 5.74) is 0.877. The van der Waals surface area contributed by atoms with E-state index in [1.165, 1.54) is 23.1 Å². The van der Waals surface area contributed by atoms with Gasteiger partial charge in [0.05, 0.1) is 18.2 Å². The van der Waals surface area contributed by atoms with Gasteiger partial charge in [-0.05, 0) is 46.0 Å². The van der Waals surface area contributed by atoms with E-state index in [9.17, 15) is 9.59 Å². The molecule has 0 saturated heterocycles. The molecule has 0 aliphatic rings. The van der Waals surface area contributed by atoms with Gasteiger partial charge in [-0.1, -0.05) is 30.0 Å². The number of nitrogens with one attached hydrogen (secondary N) is 1. The number of thiophene rings is 1. The monoisotopic (exact) mass is 425 g/mol. The maximum absolute atomic E-state index is 12.5. The van der Waals surface area contributed by atoms with Crippen LogP contribution in [0.5, 0.6) is 5.75 Å². The van der Waals surface area contributed by atoms with Gasteiger partial charge < -0.3 is 14.6 Å². The number of methoxy groups -OCH3 is 1. The van der Waals surface area contributed by atoms with Gasteiger partial charge in [-0.2, -0.15) is 0 Å². The van der Waals surface area contributed by atoms with Gasteiger partial charge in [0.2, 0.25) is 5.91 Å². The summed E-state index contributed by atoms with van der Waals surface area (Å²) in [5.74, 6) is 1.00. The van der Waals surface area contributed by atoms with Crippen LogP contribution >= 0.6 is 23.1 Å². The average Bonchev–Trinajstić information content (AvgIpc) is 3.20. The Labute approximate surface area is 175 Å². The number of rotatable bonds is 6. The van der Waals surface area contributed by atoms with E-state index in [0.29, 0.717) is 21.9 Å². The van der Waals surface area contributed by atoms with E-state index >= 15 is 0 Å². The maximum Gasteiger partial charge on any atom is 0.260 e. The first-order valence-electron chi connectivity index (χ1n) is 8.94. The van der Waals surface area contributed by atoms with E-state index in [1.807, 2.05) is 35.7 Å². The summed E-state index contributed by atoms with van der Waals surface area (Å²) >= 11 is 2.65. The number of aromatic amines is 1. The Morgan fingerprint density at radius 3 is 2.83 bits per heavy atom. The largest absolute Gasteiger partial charge is 0.497 e. The minimum Gasteiger partial charge on any atom is -0.497 e. The molecule has 0 aliphatic heterocycles. The number of hydrogen-bond acceptors (Lipinski definition) is 6. The number of benzene rings is 2. The van der Waals surface area contributed by atoms with Gasteiger partial charge in [-0.25, -0.2) is 4.98 Å². The molecular formula is C21H19N3O3S2. The molecule has 0 fully saturated rings. The van der Waals surface area contributed by atoms with Crippen LogP contribution in [0.25, 0.3) is 21.0 Å². The Hall–Kier alpha value is -2.84. The van der Waals surface area contributed by atoms with E-state index in [2.05, 4.69) is 16.0 Å². The number of carbonyl (C=O) groups excluding carboxylic acids is 1. The molecule has 0 atom stereocenters. The Kier molecular flexibility index (Phi) is 5.55. The Balaban J connectivity index is 1.41. The van der Waals surface area contributed by atoms with E-state index in [4.69, 9.17) is 4.74 Å². The first-order valence-corrected chi connectivity index (χ1v) is 10.8. The summed E-state index contributed by atoms with van der Waals surface area (Å²) < 4.78 is 5.26. The van der Waals surface area contributed by atoms with Crippen LogP contribution in [-0.4, -0.2) is 40.7 Å². The molecular weight excluding hydrogens is 406 g/mol. The maximum atomic E-state index is 12.5. The Morgan fingerprint density at radius 2 is 2.00 bits per heavy atom. The highest BCUT2D eigenvalue weighted by Gasteiger charge is 2.12. The van der Waals surface area contributed by atoms with Crippen LogP contribution in [0, 0.1) is 0 Å². The summed E-state index contributed by atoms with van der Waals surface area (Å²) in [4.78, 5) is 34.1. The Bertz CT molecular complexity index is 1250. The lowest BCUT2D eigenvalue weighted by atomic mass is 10.1. The molecule has 1 amide bonds. The zero-order valence-electron chi connectivity index (χ0n) is 16.0. The first-order chi connectivity index (χ1) is 14.0. The van der Waals surface area contributed by atoms with Crippen molar-refractivity contribution < 1.29 is 9.53 Å². The predicted octanol–water partition coefficient (Wildman–Crippen LogP) is 3.90. The van der Waals surface area contributed by atoms with Gasteiger partial charge in [0.15, 0.2) is 5.16 Å². The van der Waals surface area contributed by atoms with Crippen molar-refractivity contribution in [1.82, 2.24) is 14.9 Å². The van der Waals surface area contributed by atoms with E-state index in [-0.39, 0.29) is 17.2 Å². The fourth-order valence-corrected chi connectivity index (χ4v) is 4.64. The molecule has 0 unspecified atom stereocenters. The Morgan fingerprint density at radius 1 is 1.21 bits per heavy atom. The first kappa shape index (κ1) is 19.5. The summed E-state index contributed by atoms with van der Waals surface area (Å²) in [6, 6.07) is 13.8. The number of thioether (sulfide) groups is 1. The van der Waals surface area contributed by atoms with Gasteiger partial charge in [0.1, 0.15) is 10.6 Å². The van der Waals surface area contributed by atoms with E-state index in [1.54, 1.807) is 25.1 Å². The molecule has 2 aromatic heterocycles. The second-order valence-corrected chi connectivity index (χ2v) is 8.46. The molecule has 0 aliphatic carbocycles. The fraction of sp³-hybridized carbons (Fsp3) is 0.190. The van der Waals surface area contributed by atoms with Gasteiger partial charge in [-0.15, -0.1) is 11.3 Å². The fourth-order valence-electron chi connectivity index (χ4n) is 3.01. The number of fused-ring (bicyclic) bond motifs is 2. The molecule has 0 saturated carbocycles. The van der Waals surface area contributed by atoms with Crippen molar-refractivity contribution in [2.45, 2.75) is 11.7 Å². The van der Waals surface area contributed by atoms with Crippen molar-refractivity contribution in [3.8, 4) is 5.75 Å². The summed E-state index contributed by atoms with van der Waals surface area (Å²) in [5, 5.41) is 5.07. The van der Waals surface area contributed by atoms with Gasteiger partial charge in [0, 0.05) is 13.6 Å². The van der Waals surface area contributed by atoms with Crippen LogP contribution in [-0.2, 0) is 11.3 Å². The van der Waals surface area contributed by atoms with Crippen LogP contribution in [0.15, 0.2) is 57.8 Å². The molecule has 0 radical (unpaired) electrons. The smallest absolute Gasteiger partial charge is 0.260 e. The topological polar surface area (TPSA) is 75.3 Å². The molecule has 0 bridgehead atoms. The number of carbonyl (C=O) groups is 1. The number of aromatic nitrogens is 2. The third-order valence-corrected chi connectivity index (χ3v) is 6.27. The van der Waals surface area contributed by atoms with Crippen molar-refractivity contribution in [3.63, 3.8) is 0 Å². The lowest BCUT2D eigenvalue weighted by Crippen LogP contribution is -2.28. The zero-order chi connectivity index (χ0) is 20.4. The normalized spacial score (nSPS) is 11.1. The number of nitrogens with zero attached hydrogens (tertiary/aromatic N) is 2. The molecule has 0 spiro atoms. The van der Waals surface area contributed by atoms with Crippen LogP contribution < -0.4 is 10.3 Å². The number of ether oxygens (including phenoxy) is 1. The van der Waals surface area contributed by atoms with Crippen molar-refractivity contribution >= 4 is 50.0 Å². The second kappa shape index (κ2) is 8.26. The van der Waals surface area contributed by atoms with Crippen LogP contribution in [0.1, 0.15) is 5.56 Å². The third kappa shape index (κ3) is 4.28. The molecule has 2 aromatic carbocycles. The van der Waals surface area contributed by atoms with Gasteiger partial charge in [-0.3, -0.25) is 9.59 Å². The predicted molar refractivity (Wildman–Crippen MR) is 118 cm³/mol. The van der Waals surface area contributed by atoms with E-state index < -0.39 is 0 Å². The molecule has 1 N–H and O–H groups in total. The summed E-state index contributed by atoms with van der Waals surface area (Å²) in [6.45, 7) is 0.509. The third-order valence-electron chi connectivity index (χ3n) is 4.60. The highest BCUT2D eigenvalue weighted by molar-refractivity contribution is 7.99. The molecule has 8 heteroatoms. The van der Waals surface area contributed by atoms with E-state index in [0.717, 1.165) is 22.1 Å². The molecule has 2 heterocycles. The lowest BCUT2D eigenvalue weighted by molar-refractivity contribution is -0.127. The second-order valence-electron chi connectivity index (χ2n) is 6.60. The molecule has 6 nitrogen and oxygen atoms in total. The molecule has 4 aromatic rings. The number of hydrogen-bond donors (Lipinski definition) is 1. The highest BCUT2D eigenvalue weighted by atomic mass is 32.2. The molecule has 148 valence electrons. The van der Waals surface area contributed by atoms with Gasteiger partial charge in [0.25, 0.3) is 5.56 Å². The zero-order valence-corrected chi connectivity index (χ0v) is 17.6. The minimum atomic E-state index is -0.174. The van der Waals surface area contributed by atoms with Crippen molar-refractivity contribution in [3.05, 3.63) is 63.8 Å². The molecule has 29 heavy (non-hydrogen) atoms. The van der Waals surface area contributed by atoms with Crippen molar-refractivity contribution in [1.29, 1.82) is 0 Å². The highest BCUT2D eigenvalue weighted by Crippen LogP contribution is 2.23. The van der Waals surface area contributed by atoms with Crippen molar-refractivity contribution in [2.75, 3.05) is 19.9 Å². The van der Waals surface area contributed by atoms with Crippen LogP contribution in [0.2, 0.25) is 0 Å². The number of amides is 1. The van der Waals surface area contributed by atoms with Crippen LogP contribution in [0.3, 0.4) is 0 Å². The quantitative estimate of drug-likeness (QED) is 0.375. The van der Waals surface area contributed by atoms with Gasteiger partial charge >= 0.3 is 0 Å². The summed E-state index contributed by atoms with van der Waals surface area (Å²) in [7, 11) is 3.43. The standard InChI is InChI=1S/C21H19N3O3S2/c1-24(11-13-3-4-15-10-16(27-2)6-5-14(15)9-13)18(25)12-29-21-22-19(26)17-7-8-28-20(17)23-21/h3-10H,11-12H2,1-2H3,(H,22,23,26). The number of H-pyrrole nitrogens is 1. The van der Waals surface area contributed by atoms with Crippen molar-refractivity contribution in [2.24, 2.45) is 0 Å².